The summed E-state index contributed by atoms with van der Waals surface area (Å²) in [6.07, 6.45) is 5.55. The monoisotopic (exact) mass is 312 g/mol. The number of ether oxygens (including phenoxy) is 1. The van der Waals surface area contributed by atoms with Crippen molar-refractivity contribution in [3.05, 3.63) is 29.8 Å². The van der Waals surface area contributed by atoms with Crippen LogP contribution >= 0.6 is 0 Å². The van der Waals surface area contributed by atoms with Crippen LogP contribution in [-0.2, 0) is 0 Å². The number of nitrogens with one attached hydrogen (secondary N) is 2. The van der Waals surface area contributed by atoms with Crippen LogP contribution < -0.4 is 15.4 Å². The molecule has 0 aromatic heterocycles. The van der Waals surface area contributed by atoms with Gasteiger partial charge in [-0.05, 0) is 31.9 Å². The molecule has 0 spiro atoms. The fourth-order valence-corrected chi connectivity index (χ4v) is 2.55. The number of hydrogen-bond acceptors (Lipinski definition) is 2. The Labute approximate surface area is 129 Å². The van der Waals surface area contributed by atoms with Crippen LogP contribution in [0, 0.1) is 11.6 Å². The Kier molecular flexibility index (Phi) is 5.98. The number of halogens is 2. The first-order valence-electron chi connectivity index (χ1n) is 7.69. The molecule has 1 saturated carbocycles. The Morgan fingerprint density at radius 1 is 1.32 bits per heavy atom. The minimum atomic E-state index is -0.751. The van der Waals surface area contributed by atoms with Gasteiger partial charge in [0.1, 0.15) is 12.4 Å². The number of carbonyl (C=O) groups excluding carboxylic acids is 1. The smallest absolute Gasteiger partial charge is 0.315 e. The average Bonchev–Trinajstić information content (AvgIpc) is 2.47. The van der Waals surface area contributed by atoms with Crippen LogP contribution in [0.15, 0.2) is 18.2 Å². The third kappa shape index (κ3) is 5.16. The fourth-order valence-electron chi connectivity index (χ4n) is 2.55. The van der Waals surface area contributed by atoms with Crippen LogP contribution in [0.1, 0.15) is 39.0 Å². The zero-order valence-corrected chi connectivity index (χ0v) is 12.7. The average molecular weight is 312 g/mol. The molecular weight excluding hydrogens is 290 g/mol. The molecule has 22 heavy (non-hydrogen) atoms. The first kappa shape index (κ1) is 16.5. The normalized spacial score (nSPS) is 16.9. The van der Waals surface area contributed by atoms with Crippen molar-refractivity contribution in [2.75, 3.05) is 6.61 Å². The van der Waals surface area contributed by atoms with Gasteiger partial charge < -0.3 is 15.4 Å². The van der Waals surface area contributed by atoms with E-state index in [0.29, 0.717) is 0 Å². The van der Waals surface area contributed by atoms with E-state index in [4.69, 9.17) is 4.74 Å². The van der Waals surface area contributed by atoms with E-state index in [1.54, 1.807) is 6.92 Å². The molecule has 0 aliphatic heterocycles. The van der Waals surface area contributed by atoms with Crippen LogP contribution in [-0.4, -0.2) is 24.7 Å². The van der Waals surface area contributed by atoms with Gasteiger partial charge in [0.15, 0.2) is 11.6 Å². The molecule has 0 unspecified atom stereocenters. The third-order valence-electron chi connectivity index (χ3n) is 3.70. The van der Waals surface area contributed by atoms with Crippen molar-refractivity contribution < 1.29 is 18.3 Å². The van der Waals surface area contributed by atoms with Crippen LogP contribution in [0.4, 0.5) is 13.6 Å². The number of urea groups is 1. The van der Waals surface area contributed by atoms with Crippen molar-refractivity contribution in [3.63, 3.8) is 0 Å². The molecule has 0 saturated heterocycles. The van der Waals surface area contributed by atoms with Crippen molar-refractivity contribution in [1.29, 1.82) is 0 Å². The summed E-state index contributed by atoms with van der Waals surface area (Å²) >= 11 is 0. The molecule has 1 aliphatic carbocycles. The fraction of sp³-hybridized carbons (Fsp3) is 0.562. The molecule has 2 rings (SSSR count). The van der Waals surface area contributed by atoms with Crippen LogP contribution in [0.2, 0.25) is 0 Å². The summed E-state index contributed by atoms with van der Waals surface area (Å²) < 4.78 is 31.4. The lowest BCUT2D eigenvalue weighted by Gasteiger charge is -2.24. The Hall–Kier alpha value is -1.85. The number of amides is 2. The molecule has 0 bridgehead atoms. The number of hydrogen-bond donors (Lipinski definition) is 2. The number of benzene rings is 1. The summed E-state index contributed by atoms with van der Waals surface area (Å²) in [6.45, 7) is 1.88. The standard InChI is InChI=1S/C16H22F2N2O2/c1-11(10-22-15-8-7-12(17)9-14(15)18)19-16(21)20-13-5-3-2-4-6-13/h7-9,11,13H,2-6,10H2,1H3,(H2,19,20,21)/t11-/m1/s1. The van der Waals surface area contributed by atoms with Gasteiger partial charge in [-0.25, -0.2) is 13.6 Å². The highest BCUT2D eigenvalue weighted by Crippen LogP contribution is 2.18. The molecule has 1 aliphatic rings. The number of rotatable bonds is 5. The lowest BCUT2D eigenvalue weighted by Crippen LogP contribution is -2.47. The molecule has 6 heteroatoms. The molecule has 1 fully saturated rings. The van der Waals surface area contributed by atoms with Crippen molar-refractivity contribution in [2.24, 2.45) is 0 Å². The van der Waals surface area contributed by atoms with Gasteiger partial charge in [0, 0.05) is 12.1 Å². The summed E-state index contributed by atoms with van der Waals surface area (Å²) in [5, 5.41) is 5.69. The second-order valence-corrected chi connectivity index (χ2v) is 5.74. The van der Waals surface area contributed by atoms with Gasteiger partial charge in [-0.3, -0.25) is 0 Å². The van der Waals surface area contributed by atoms with Gasteiger partial charge in [-0.1, -0.05) is 19.3 Å². The van der Waals surface area contributed by atoms with E-state index in [2.05, 4.69) is 10.6 Å². The van der Waals surface area contributed by atoms with E-state index in [0.717, 1.165) is 37.8 Å². The minimum Gasteiger partial charge on any atom is -0.488 e. The Morgan fingerprint density at radius 3 is 2.73 bits per heavy atom. The summed E-state index contributed by atoms with van der Waals surface area (Å²) in [4.78, 5) is 11.8. The van der Waals surface area contributed by atoms with Gasteiger partial charge in [-0.15, -0.1) is 0 Å². The third-order valence-corrected chi connectivity index (χ3v) is 3.70. The predicted octanol–water partition coefficient (Wildman–Crippen LogP) is 3.36. The van der Waals surface area contributed by atoms with E-state index in [1.165, 1.54) is 12.5 Å². The largest absolute Gasteiger partial charge is 0.488 e. The molecule has 1 atom stereocenters. The summed E-state index contributed by atoms with van der Waals surface area (Å²) in [6, 6.07) is 2.85. The van der Waals surface area contributed by atoms with Crippen molar-refractivity contribution in [3.8, 4) is 5.75 Å². The molecule has 2 N–H and O–H groups in total. The summed E-state index contributed by atoms with van der Waals surface area (Å²) in [5.74, 6) is -1.43. The van der Waals surface area contributed by atoms with Gasteiger partial charge in [0.05, 0.1) is 6.04 Å². The molecule has 122 valence electrons. The lowest BCUT2D eigenvalue weighted by molar-refractivity contribution is 0.218. The molecular formula is C16H22F2N2O2. The van der Waals surface area contributed by atoms with Gasteiger partial charge in [0.2, 0.25) is 0 Å². The van der Waals surface area contributed by atoms with E-state index >= 15 is 0 Å². The van der Waals surface area contributed by atoms with Crippen molar-refractivity contribution in [1.82, 2.24) is 10.6 Å². The molecule has 0 heterocycles. The van der Waals surface area contributed by atoms with E-state index in [9.17, 15) is 13.6 Å². The topological polar surface area (TPSA) is 50.4 Å². The predicted molar refractivity (Wildman–Crippen MR) is 79.9 cm³/mol. The summed E-state index contributed by atoms with van der Waals surface area (Å²) in [7, 11) is 0. The second kappa shape index (κ2) is 7.96. The highest BCUT2D eigenvalue weighted by molar-refractivity contribution is 5.74. The Balaban J connectivity index is 1.72. The highest BCUT2D eigenvalue weighted by atomic mass is 19.1. The van der Waals surface area contributed by atoms with Gasteiger partial charge in [-0.2, -0.15) is 0 Å². The van der Waals surface area contributed by atoms with Crippen molar-refractivity contribution >= 4 is 6.03 Å². The minimum absolute atomic E-state index is 0.0252. The zero-order valence-electron chi connectivity index (χ0n) is 12.7. The Morgan fingerprint density at radius 2 is 2.05 bits per heavy atom. The lowest BCUT2D eigenvalue weighted by atomic mass is 9.96. The number of carbonyl (C=O) groups is 1. The first-order chi connectivity index (χ1) is 10.5. The van der Waals surface area contributed by atoms with Crippen LogP contribution in [0.25, 0.3) is 0 Å². The first-order valence-corrected chi connectivity index (χ1v) is 7.69. The molecule has 2 amide bonds. The Bertz CT molecular complexity index is 505. The highest BCUT2D eigenvalue weighted by Gasteiger charge is 2.17. The van der Waals surface area contributed by atoms with E-state index in [1.807, 2.05) is 0 Å². The zero-order chi connectivity index (χ0) is 15.9. The molecule has 4 nitrogen and oxygen atoms in total. The second-order valence-electron chi connectivity index (χ2n) is 5.74. The SMILES string of the molecule is C[C@H](COc1ccc(F)cc1F)NC(=O)NC1CCCCC1. The molecule has 1 aromatic rings. The van der Waals surface area contributed by atoms with Gasteiger partial charge in [0.25, 0.3) is 0 Å². The summed E-state index contributed by atoms with van der Waals surface area (Å²) in [5.41, 5.74) is 0. The van der Waals surface area contributed by atoms with Crippen LogP contribution in [0.3, 0.4) is 0 Å². The maximum atomic E-state index is 13.4. The quantitative estimate of drug-likeness (QED) is 0.876. The van der Waals surface area contributed by atoms with Crippen LogP contribution in [0.5, 0.6) is 5.75 Å². The van der Waals surface area contributed by atoms with Gasteiger partial charge >= 0.3 is 6.03 Å². The van der Waals surface area contributed by atoms with E-state index < -0.39 is 11.6 Å². The maximum absolute atomic E-state index is 13.4. The van der Waals surface area contributed by atoms with Crippen molar-refractivity contribution in [2.45, 2.75) is 51.1 Å². The molecule has 0 radical (unpaired) electrons. The maximum Gasteiger partial charge on any atom is 0.315 e. The van der Waals surface area contributed by atoms with E-state index in [-0.39, 0.29) is 30.5 Å². The molecule has 1 aromatic carbocycles.